The summed E-state index contributed by atoms with van der Waals surface area (Å²) in [5.41, 5.74) is 0.987. The van der Waals surface area contributed by atoms with Crippen LogP contribution in [-0.2, 0) is 11.2 Å². The van der Waals surface area contributed by atoms with Gasteiger partial charge in [0.05, 0.1) is 4.34 Å². The second-order valence-corrected chi connectivity index (χ2v) is 5.89. The summed E-state index contributed by atoms with van der Waals surface area (Å²) in [6, 6.07) is 9.90. The Kier molecular flexibility index (Phi) is 5.32. The Bertz CT molecular complexity index is 607. The number of amides is 1. The maximum Gasteiger partial charge on any atom is 0.244 e. The number of benzene rings is 1. The van der Waals surface area contributed by atoms with Gasteiger partial charge in [0.1, 0.15) is 5.82 Å². The van der Waals surface area contributed by atoms with Gasteiger partial charge in [0.2, 0.25) is 5.91 Å². The molecule has 0 saturated heterocycles. The van der Waals surface area contributed by atoms with Crippen LogP contribution >= 0.6 is 22.9 Å². The van der Waals surface area contributed by atoms with E-state index in [1.807, 2.05) is 6.07 Å². The Hall–Kier alpha value is -1.65. The van der Waals surface area contributed by atoms with Crippen molar-refractivity contribution >= 4 is 34.9 Å². The van der Waals surface area contributed by atoms with Crippen LogP contribution in [0.15, 0.2) is 42.5 Å². The highest BCUT2D eigenvalue weighted by atomic mass is 35.5. The van der Waals surface area contributed by atoms with Gasteiger partial charge in [-0.2, -0.15) is 0 Å². The Morgan fingerprint density at radius 2 is 2.00 bits per heavy atom. The van der Waals surface area contributed by atoms with Gasteiger partial charge in [-0.1, -0.05) is 23.7 Å². The van der Waals surface area contributed by atoms with Crippen molar-refractivity contribution in [2.45, 2.75) is 6.42 Å². The van der Waals surface area contributed by atoms with Crippen LogP contribution in [0.3, 0.4) is 0 Å². The van der Waals surface area contributed by atoms with Crippen molar-refractivity contribution in [3.8, 4) is 0 Å². The van der Waals surface area contributed by atoms with Crippen LogP contribution in [0.5, 0.6) is 0 Å². The first kappa shape index (κ1) is 14.8. The summed E-state index contributed by atoms with van der Waals surface area (Å²) < 4.78 is 13.4. The molecule has 0 fully saturated rings. The molecule has 0 aliphatic carbocycles. The van der Waals surface area contributed by atoms with Crippen molar-refractivity contribution in [1.82, 2.24) is 5.32 Å². The predicted molar refractivity (Wildman–Crippen MR) is 81.5 cm³/mol. The highest BCUT2D eigenvalue weighted by molar-refractivity contribution is 7.17. The van der Waals surface area contributed by atoms with Crippen LogP contribution in [0.4, 0.5) is 4.39 Å². The fourth-order valence-electron chi connectivity index (χ4n) is 1.62. The molecule has 0 saturated carbocycles. The maximum absolute atomic E-state index is 12.7. The number of carbonyl (C=O) groups excluding carboxylic acids is 1. The molecule has 0 aliphatic rings. The molecule has 1 heterocycles. The summed E-state index contributed by atoms with van der Waals surface area (Å²) in [5, 5.41) is 2.77. The van der Waals surface area contributed by atoms with Crippen LogP contribution in [0.1, 0.15) is 10.4 Å². The second kappa shape index (κ2) is 7.22. The smallest absolute Gasteiger partial charge is 0.244 e. The summed E-state index contributed by atoms with van der Waals surface area (Å²) in [6.45, 7) is 0.514. The molecule has 0 aliphatic heterocycles. The van der Waals surface area contributed by atoms with Crippen molar-refractivity contribution in [3.63, 3.8) is 0 Å². The van der Waals surface area contributed by atoms with Gasteiger partial charge < -0.3 is 5.32 Å². The number of thiophene rings is 1. The molecule has 0 spiro atoms. The molecule has 0 atom stereocenters. The van der Waals surface area contributed by atoms with Gasteiger partial charge in [-0.15, -0.1) is 11.3 Å². The molecule has 1 N–H and O–H groups in total. The van der Waals surface area contributed by atoms with Gasteiger partial charge in [-0.3, -0.25) is 4.79 Å². The van der Waals surface area contributed by atoms with Gasteiger partial charge in [-0.25, -0.2) is 4.39 Å². The van der Waals surface area contributed by atoms with Gasteiger partial charge in [0, 0.05) is 17.5 Å². The normalized spacial score (nSPS) is 10.9. The highest BCUT2D eigenvalue weighted by Gasteiger charge is 1.98. The van der Waals surface area contributed by atoms with E-state index in [4.69, 9.17) is 11.6 Å². The molecule has 1 amide bonds. The van der Waals surface area contributed by atoms with Crippen molar-refractivity contribution < 1.29 is 9.18 Å². The van der Waals surface area contributed by atoms with Crippen molar-refractivity contribution in [2.24, 2.45) is 0 Å². The Labute approximate surface area is 125 Å². The third-order valence-electron chi connectivity index (χ3n) is 2.62. The maximum atomic E-state index is 12.7. The lowest BCUT2D eigenvalue weighted by molar-refractivity contribution is -0.116. The van der Waals surface area contributed by atoms with E-state index in [0.29, 0.717) is 17.3 Å². The zero-order valence-corrected chi connectivity index (χ0v) is 12.2. The molecule has 20 heavy (non-hydrogen) atoms. The molecular formula is C15H13ClFNOS. The summed E-state index contributed by atoms with van der Waals surface area (Å²) in [6.07, 6.45) is 3.88. The third-order valence-corrected chi connectivity index (χ3v) is 3.82. The lowest BCUT2D eigenvalue weighted by atomic mass is 10.1. The van der Waals surface area contributed by atoms with E-state index in [0.717, 1.165) is 10.4 Å². The van der Waals surface area contributed by atoms with Crippen LogP contribution in [0.2, 0.25) is 4.34 Å². The first-order valence-electron chi connectivity index (χ1n) is 6.09. The van der Waals surface area contributed by atoms with Crippen molar-refractivity contribution in [3.05, 3.63) is 63.1 Å². The zero-order chi connectivity index (χ0) is 14.4. The van der Waals surface area contributed by atoms with E-state index >= 15 is 0 Å². The molecule has 0 bridgehead atoms. The van der Waals surface area contributed by atoms with Gasteiger partial charge in [0.25, 0.3) is 0 Å². The molecule has 0 radical (unpaired) electrons. The molecule has 0 unspecified atom stereocenters. The molecule has 1 aromatic carbocycles. The lowest BCUT2D eigenvalue weighted by Crippen LogP contribution is -2.23. The molecular weight excluding hydrogens is 297 g/mol. The van der Waals surface area contributed by atoms with E-state index in [1.165, 1.54) is 29.5 Å². The summed E-state index contributed by atoms with van der Waals surface area (Å²) >= 11 is 7.21. The van der Waals surface area contributed by atoms with Crippen LogP contribution in [-0.4, -0.2) is 12.5 Å². The topological polar surface area (TPSA) is 29.1 Å². The number of hydrogen-bond acceptors (Lipinski definition) is 2. The predicted octanol–water partition coefficient (Wildman–Crippen LogP) is 3.91. The minimum absolute atomic E-state index is 0.156. The number of carbonyl (C=O) groups is 1. The lowest BCUT2D eigenvalue weighted by Gasteiger charge is -2.02. The molecule has 5 heteroatoms. The van der Waals surface area contributed by atoms with Crippen LogP contribution in [0, 0.1) is 5.82 Å². The van der Waals surface area contributed by atoms with E-state index in [1.54, 1.807) is 24.3 Å². The second-order valence-electron chi connectivity index (χ2n) is 4.14. The van der Waals surface area contributed by atoms with E-state index < -0.39 is 0 Å². The molecule has 2 aromatic rings. The largest absolute Gasteiger partial charge is 0.352 e. The average molecular weight is 310 g/mol. The summed E-state index contributed by atoms with van der Waals surface area (Å²) in [4.78, 5) is 12.5. The standard InChI is InChI=1S/C15H13ClFNOS/c16-14-7-5-13(20-14)6-8-15(19)18-10-9-11-1-3-12(17)4-2-11/h1-8H,9-10H2,(H,18,19). The molecule has 2 rings (SSSR count). The minimum Gasteiger partial charge on any atom is -0.352 e. The Morgan fingerprint density at radius 1 is 1.25 bits per heavy atom. The number of halogens is 2. The van der Waals surface area contributed by atoms with E-state index in [-0.39, 0.29) is 11.7 Å². The van der Waals surface area contributed by atoms with Gasteiger partial charge in [-0.05, 0) is 42.3 Å². The van der Waals surface area contributed by atoms with Crippen LogP contribution < -0.4 is 5.32 Å². The van der Waals surface area contributed by atoms with E-state index in [2.05, 4.69) is 5.32 Å². The fourth-order valence-corrected chi connectivity index (χ4v) is 2.58. The summed E-state index contributed by atoms with van der Waals surface area (Å²) in [7, 11) is 0. The average Bonchev–Trinajstić information content (AvgIpc) is 2.85. The molecule has 104 valence electrons. The first-order chi connectivity index (χ1) is 9.63. The number of rotatable bonds is 5. The van der Waals surface area contributed by atoms with Gasteiger partial charge >= 0.3 is 0 Å². The van der Waals surface area contributed by atoms with E-state index in [9.17, 15) is 9.18 Å². The van der Waals surface area contributed by atoms with Crippen molar-refractivity contribution in [1.29, 1.82) is 0 Å². The Morgan fingerprint density at radius 3 is 2.65 bits per heavy atom. The fraction of sp³-hybridized carbons (Fsp3) is 0.133. The van der Waals surface area contributed by atoms with Crippen molar-refractivity contribution in [2.75, 3.05) is 6.54 Å². The number of hydrogen-bond donors (Lipinski definition) is 1. The zero-order valence-electron chi connectivity index (χ0n) is 10.6. The first-order valence-corrected chi connectivity index (χ1v) is 7.28. The monoisotopic (exact) mass is 309 g/mol. The highest BCUT2D eigenvalue weighted by Crippen LogP contribution is 2.22. The summed E-state index contributed by atoms with van der Waals surface area (Å²) in [5.74, 6) is -0.410. The quantitative estimate of drug-likeness (QED) is 0.834. The molecule has 1 aromatic heterocycles. The van der Waals surface area contributed by atoms with Gasteiger partial charge in [0.15, 0.2) is 0 Å². The Balaban J connectivity index is 1.75. The SMILES string of the molecule is O=C(C=Cc1ccc(Cl)s1)NCCc1ccc(F)cc1. The van der Waals surface area contributed by atoms with Crippen LogP contribution in [0.25, 0.3) is 6.08 Å². The minimum atomic E-state index is -0.254. The molecule has 2 nitrogen and oxygen atoms in total. The number of nitrogens with one attached hydrogen (secondary N) is 1. The third kappa shape index (κ3) is 4.79.